The first-order valence-electron chi connectivity index (χ1n) is 10.3. The van der Waals surface area contributed by atoms with E-state index in [0.717, 1.165) is 35.8 Å². The smallest absolute Gasteiger partial charge is 0.337 e. The van der Waals surface area contributed by atoms with E-state index in [1.807, 2.05) is 24.3 Å². The van der Waals surface area contributed by atoms with Crippen molar-refractivity contribution in [2.45, 2.75) is 39.5 Å². The van der Waals surface area contributed by atoms with Gasteiger partial charge in [-0.25, -0.2) is 4.79 Å². The van der Waals surface area contributed by atoms with E-state index in [4.69, 9.17) is 4.74 Å². The topological polar surface area (TPSA) is 75.6 Å². The Balaban J connectivity index is 1.89. The molecule has 0 spiro atoms. The number of hydrogen-bond donors (Lipinski definition) is 2. The first-order chi connectivity index (χ1) is 14.5. The lowest BCUT2D eigenvalue weighted by Gasteiger charge is -2.16. The van der Waals surface area contributed by atoms with Crippen molar-refractivity contribution in [1.82, 2.24) is 0 Å². The summed E-state index contributed by atoms with van der Waals surface area (Å²) in [5.41, 5.74) is 0.327. The zero-order valence-electron chi connectivity index (χ0n) is 17.3. The zero-order chi connectivity index (χ0) is 21.5. The molecule has 1 heterocycles. The van der Waals surface area contributed by atoms with Crippen molar-refractivity contribution in [3.8, 4) is 5.75 Å². The van der Waals surface area contributed by atoms with Crippen molar-refractivity contribution in [2.24, 2.45) is 5.92 Å². The number of ether oxygens (including phenoxy) is 1. The van der Waals surface area contributed by atoms with E-state index in [9.17, 15) is 14.7 Å². The third-order valence-electron chi connectivity index (χ3n) is 5.17. The van der Waals surface area contributed by atoms with Crippen molar-refractivity contribution >= 4 is 39.0 Å². The number of carbonyl (C=O) groups is 2. The monoisotopic (exact) mass is 425 g/mol. The van der Waals surface area contributed by atoms with E-state index < -0.39 is 5.97 Å². The quantitative estimate of drug-likeness (QED) is 0.391. The molecule has 0 radical (unpaired) electrons. The molecule has 0 aliphatic heterocycles. The number of carboxylic acid groups (broad SMARTS) is 1. The molecule has 0 saturated carbocycles. The number of unbranched alkanes of at least 4 members (excludes halogenated alkanes) is 1. The van der Waals surface area contributed by atoms with Crippen LogP contribution in [0.25, 0.3) is 10.1 Å². The van der Waals surface area contributed by atoms with E-state index in [0.29, 0.717) is 23.2 Å². The molecule has 3 aromatic rings. The van der Waals surface area contributed by atoms with Gasteiger partial charge >= 0.3 is 5.97 Å². The van der Waals surface area contributed by atoms with Crippen LogP contribution in [0.1, 0.15) is 59.6 Å². The standard InChI is InChI=1S/C24H27NO4S/c1-3-5-10-16(4-2)15-29-21-18-12-7-9-14-20(18)30-22(21)23(26)25-19-13-8-6-11-17(19)24(27)28/h6-9,11-14,16H,3-5,10,15H2,1-2H3,(H,25,26)(H,27,28). The largest absolute Gasteiger partial charge is 0.491 e. The average molecular weight is 426 g/mol. The maximum atomic E-state index is 13.1. The van der Waals surface area contributed by atoms with Gasteiger partial charge in [0.2, 0.25) is 0 Å². The lowest BCUT2D eigenvalue weighted by molar-refractivity contribution is 0.0698. The number of hydrogen-bond acceptors (Lipinski definition) is 4. The molecule has 6 heteroatoms. The van der Waals surface area contributed by atoms with Crippen LogP contribution in [0.3, 0.4) is 0 Å². The maximum Gasteiger partial charge on any atom is 0.337 e. The Kier molecular flexibility index (Phi) is 7.46. The van der Waals surface area contributed by atoms with Gasteiger partial charge in [0.15, 0.2) is 5.75 Å². The van der Waals surface area contributed by atoms with Crippen LogP contribution in [-0.2, 0) is 0 Å². The summed E-state index contributed by atoms with van der Waals surface area (Å²) in [4.78, 5) is 25.0. The van der Waals surface area contributed by atoms with Gasteiger partial charge in [0, 0.05) is 10.1 Å². The van der Waals surface area contributed by atoms with Gasteiger partial charge in [-0.05, 0) is 36.6 Å². The van der Waals surface area contributed by atoms with Crippen molar-refractivity contribution in [1.29, 1.82) is 0 Å². The molecule has 3 rings (SSSR count). The number of carboxylic acids is 1. The fourth-order valence-electron chi connectivity index (χ4n) is 3.37. The number of benzene rings is 2. The highest BCUT2D eigenvalue weighted by atomic mass is 32.1. The van der Waals surface area contributed by atoms with Crippen LogP contribution in [-0.4, -0.2) is 23.6 Å². The highest BCUT2D eigenvalue weighted by Crippen LogP contribution is 2.38. The first kappa shape index (κ1) is 21.8. The van der Waals surface area contributed by atoms with Crippen LogP contribution in [0, 0.1) is 5.92 Å². The number of anilines is 1. The molecular weight excluding hydrogens is 398 g/mol. The first-order valence-corrected chi connectivity index (χ1v) is 11.1. The second kappa shape index (κ2) is 10.3. The molecule has 5 nitrogen and oxygen atoms in total. The summed E-state index contributed by atoms with van der Waals surface area (Å²) in [5, 5.41) is 13.1. The minimum absolute atomic E-state index is 0.0556. The van der Waals surface area contributed by atoms with Crippen LogP contribution in [0.2, 0.25) is 0 Å². The Bertz CT molecular complexity index is 1030. The van der Waals surface area contributed by atoms with Gasteiger partial charge in [-0.15, -0.1) is 11.3 Å². The van der Waals surface area contributed by atoms with Crippen LogP contribution in [0.15, 0.2) is 48.5 Å². The molecule has 1 atom stereocenters. The fourth-order valence-corrected chi connectivity index (χ4v) is 4.41. The number of aromatic carboxylic acids is 1. The molecule has 0 aliphatic carbocycles. The molecule has 2 N–H and O–H groups in total. The minimum atomic E-state index is -1.08. The third kappa shape index (κ3) is 5.00. The molecule has 0 aliphatic rings. The lowest BCUT2D eigenvalue weighted by Crippen LogP contribution is -2.16. The molecule has 2 aromatic carbocycles. The normalized spacial score (nSPS) is 11.9. The minimum Gasteiger partial charge on any atom is -0.491 e. The van der Waals surface area contributed by atoms with Crippen molar-refractivity contribution < 1.29 is 19.4 Å². The number of carbonyl (C=O) groups excluding carboxylic acids is 1. The molecule has 1 unspecified atom stereocenters. The summed E-state index contributed by atoms with van der Waals surface area (Å²) >= 11 is 1.36. The average Bonchev–Trinajstić information content (AvgIpc) is 3.13. The van der Waals surface area contributed by atoms with Gasteiger partial charge in [-0.1, -0.05) is 57.4 Å². The third-order valence-corrected chi connectivity index (χ3v) is 6.32. The SMILES string of the molecule is CCCCC(CC)COc1c(C(=O)Nc2ccccc2C(=O)O)sc2ccccc12. The van der Waals surface area contributed by atoms with E-state index >= 15 is 0 Å². The number of fused-ring (bicyclic) bond motifs is 1. The van der Waals surface area contributed by atoms with Crippen molar-refractivity contribution in [3.63, 3.8) is 0 Å². The van der Waals surface area contributed by atoms with E-state index in [-0.39, 0.29) is 17.2 Å². The van der Waals surface area contributed by atoms with Crippen molar-refractivity contribution in [2.75, 3.05) is 11.9 Å². The molecule has 158 valence electrons. The summed E-state index contributed by atoms with van der Waals surface area (Å²) in [6, 6.07) is 14.2. The summed E-state index contributed by atoms with van der Waals surface area (Å²) in [6.07, 6.45) is 4.43. The van der Waals surface area contributed by atoms with Gasteiger partial charge in [-0.3, -0.25) is 4.79 Å². The van der Waals surface area contributed by atoms with Crippen LogP contribution in [0.5, 0.6) is 5.75 Å². The van der Waals surface area contributed by atoms with Gasteiger partial charge in [-0.2, -0.15) is 0 Å². The number of para-hydroxylation sites is 1. The summed E-state index contributed by atoms with van der Waals surface area (Å²) in [7, 11) is 0. The van der Waals surface area contributed by atoms with Crippen LogP contribution in [0.4, 0.5) is 5.69 Å². The van der Waals surface area contributed by atoms with Crippen LogP contribution < -0.4 is 10.1 Å². The van der Waals surface area contributed by atoms with E-state index in [2.05, 4.69) is 19.2 Å². The number of nitrogens with one attached hydrogen (secondary N) is 1. The zero-order valence-corrected chi connectivity index (χ0v) is 18.1. The highest BCUT2D eigenvalue weighted by Gasteiger charge is 2.22. The summed E-state index contributed by atoms with van der Waals surface area (Å²) < 4.78 is 7.17. The second-order valence-electron chi connectivity index (χ2n) is 7.29. The van der Waals surface area contributed by atoms with E-state index in [1.54, 1.807) is 18.2 Å². The van der Waals surface area contributed by atoms with Gasteiger partial charge in [0.1, 0.15) is 4.88 Å². The molecule has 0 saturated heterocycles. The molecule has 1 aromatic heterocycles. The second-order valence-corrected chi connectivity index (χ2v) is 8.34. The maximum absolute atomic E-state index is 13.1. The number of thiophene rings is 1. The predicted octanol–water partition coefficient (Wildman–Crippen LogP) is 6.45. The Labute approximate surface area is 180 Å². The number of rotatable bonds is 10. The Morgan fingerprint density at radius 2 is 1.83 bits per heavy atom. The van der Waals surface area contributed by atoms with E-state index in [1.165, 1.54) is 17.4 Å². The van der Waals surface area contributed by atoms with Gasteiger partial charge < -0.3 is 15.2 Å². The Morgan fingerprint density at radius 1 is 1.10 bits per heavy atom. The highest BCUT2D eigenvalue weighted by molar-refractivity contribution is 7.21. The van der Waals surface area contributed by atoms with Gasteiger partial charge in [0.25, 0.3) is 5.91 Å². The number of amides is 1. The molecule has 0 fully saturated rings. The fraction of sp³-hybridized carbons (Fsp3) is 0.333. The molecule has 0 bridgehead atoms. The molecule has 30 heavy (non-hydrogen) atoms. The van der Waals surface area contributed by atoms with Gasteiger partial charge in [0.05, 0.1) is 17.9 Å². The summed E-state index contributed by atoms with van der Waals surface area (Å²) in [5.74, 6) is -0.426. The molecular formula is C24H27NO4S. The van der Waals surface area contributed by atoms with Crippen molar-refractivity contribution in [3.05, 3.63) is 59.0 Å². The Hall–Kier alpha value is -2.86. The van der Waals surface area contributed by atoms with Crippen LogP contribution >= 0.6 is 11.3 Å². The summed E-state index contributed by atoms with van der Waals surface area (Å²) in [6.45, 7) is 4.90. The predicted molar refractivity (Wildman–Crippen MR) is 122 cm³/mol. The Morgan fingerprint density at radius 3 is 2.57 bits per heavy atom. The molecule has 1 amide bonds. The lowest BCUT2D eigenvalue weighted by atomic mass is 10.0.